The molecule has 0 heterocycles. The molecular formula is C12H14N2O2. The van der Waals surface area contributed by atoms with E-state index in [1.54, 1.807) is 24.3 Å². The van der Waals surface area contributed by atoms with Crippen molar-refractivity contribution in [3.05, 3.63) is 42.5 Å². The van der Waals surface area contributed by atoms with Crippen LogP contribution in [0.4, 0.5) is 5.69 Å². The fraction of sp³-hybridized carbons (Fsp3) is 0.167. The van der Waals surface area contributed by atoms with E-state index in [0.29, 0.717) is 17.8 Å². The Bertz CT molecular complexity index is 425. The average Bonchev–Trinajstić information content (AvgIpc) is 2.34. The van der Waals surface area contributed by atoms with Gasteiger partial charge in [0.05, 0.1) is 0 Å². The molecule has 0 aliphatic heterocycles. The number of hydrogen-bond acceptors (Lipinski definition) is 4. The first kappa shape index (κ1) is 12.0. The van der Waals surface area contributed by atoms with E-state index in [9.17, 15) is 4.79 Å². The van der Waals surface area contributed by atoms with Crippen molar-refractivity contribution in [1.82, 2.24) is 0 Å². The first-order valence-electron chi connectivity index (χ1n) is 4.88. The molecule has 1 rings (SSSR count). The van der Waals surface area contributed by atoms with E-state index >= 15 is 0 Å². The molecule has 0 radical (unpaired) electrons. The van der Waals surface area contributed by atoms with Crippen molar-refractivity contribution in [3.63, 3.8) is 0 Å². The van der Waals surface area contributed by atoms with Crippen LogP contribution in [-0.2, 0) is 0 Å². The summed E-state index contributed by atoms with van der Waals surface area (Å²) < 4.78 is 0. The van der Waals surface area contributed by atoms with Gasteiger partial charge in [0.1, 0.15) is 5.71 Å². The monoisotopic (exact) mass is 218 g/mol. The number of ketones is 1. The zero-order valence-electron chi connectivity index (χ0n) is 9.10. The van der Waals surface area contributed by atoms with Gasteiger partial charge in [-0.15, -0.1) is 6.58 Å². The van der Waals surface area contributed by atoms with Crippen molar-refractivity contribution in [2.24, 2.45) is 5.16 Å². The second-order valence-electron chi connectivity index (χ2n) is 3.23. The summed E-state index contributed by atoms with van der Waals surface area (Å²) in [5.74, 6) is -0.297. The number of rotatable bonds is 5. The van der Waals surface area contributed by atoms with E-state index in [1.165, 1.54) is 6.92 Å². The number of Topliss-reactive ketones (excluding diaryl/α,β-unsaturated/α-hetero) is 1. The van der Waals surface area contributed by atoms with Crippen LogP contribution in [0, 0.1) is 0 Å². The molecular weight excluding hydrogens is 204 g/mol. The number of anilines is 1. The molecule has 16 heavy (non-hydrogen) atoms. The lowest BCUT2D eigenvalue weighted by Crippen LogP contribution is -2.13. The molecule has 0 fully saturated rings. The number of carbonyl (C=O) groups excluding carboxylic acids is 1. The highest BCUT2D eigenvalue weighted by molar-refractivity contribution is 6.46. The Morgan fingerprint density at radius 1 is 1.56 bits per heavy atom. The van der Waals surface area contributed by atoms with Gasteiger partial charge in [0.2, 0.25) is 5.78 Å². The first-order valence-corrected chi connectivity index (χ1v) is 4.88. The molecule has 1 aromatic rings. The smallest absolute Gasteiger partial charge is 0.212 e. The van der Waals surface area contributed by atoms with E-state index in [4.69, 9.17) is 5.21 Å². The maximum Gasteiger partial charge on any atom is 0.212 e. The maximum atomic E-state index is 11.8. The molecule has 4 nitrogen and oxygen atoms in total. The highest BCUT2D eigenvalue weighted by Crippen LogP contribution is 2.15. The second-order valence-corrected chi connectivity index (χ2v) is 3.23. The van der Waals surface area contributed by atoms with Gasteiger partial charge in [0, 0.05) is 17.8 Å². The molecule has 0 aliphatic carbocycles. The van der Waals surface area contributed by atoms with Gasteiger partial charge in [0.25, 0.3) is 0 Å². The largest absolute Gasteiger partial charge is 0.411 e. The predicted octanol–water partition coefficient (Wildman–Crippen LogP) is 2.32. The predicted molar refractivity (Wildman–Crippen MR) is 64.4 cm³/mol. The molecule has 0 amide bonds. The summed E-state index contributed by atoms with van der Waals surface area (Å²) in [5.41, 5.74) is 1.25. The van der Waals surface area contributed by atoms with Crippen molar-refractivity contribution in [2.45, 2.75) is 6.92 Å². The summed E-state index contributed by atoms with van der Waals surface area (Å²) in [6, 6.07) is 7.06. The zero-order valence-corrected chi connectivity index (χ0v) is 9.10. The fourth-order valence-corrected chi connectivity index (χ4v) is 1.26. The van der Waals surface area contributed by atoms with Crippen LogP contribution in [0.25, 0.3) is 0 Å². The van der Waals surface area contributed by atoms with Crippen LogP contribution < -0.4 is 5.32 Å². The van der Waals surface area contributed by atoms with Crippen LogP contribution >= 0.6 is 0 Å². The van der Waals surface area contributed by atoms with Gasteiger partial charge in [-0.2, -0.15) is 0 Å². The van der Waals surface area contributed by atoms with E-state index in [1.807, 2.05) is 6.07 Å². The standard InChI is InChI=1S/C12H14N2O2/c1-3-8-13-11-7-5-4-6-10(11)12(15)9(2)14-16/h3-7,13,16H,1,8H2,2H3. The van der Waals surface area contributed by atoms with Crippen molar-refractivity contribution in [1.29, 1.82) is 0 Å². The number of carbonyl (C=O) groups is 1. The van der Waals surface area contributed by atoms with Gasteiger partial charge >= 0.3 is 0 Å². The minimum absolute atomic E-state index is 0.0628. The number of oxime groups is 1. The molecule has 0 unspecified atom stereocenters. The van der Waals surface area contributed by atoms with Crippen LogP contribution in [0.5, 0.6) is 0 Å². The molecule has 84 valence electrons. The van der Waals surface area contributed by atoms with Crippen LogP contribution in [0.3, 0.4) is 0 Å². The summed E-state index contributed by atoms with van der Waals surface area (Å²) in [7, 11) is 0. The number of para-hydroxylation sites is 1. The summed E-state index contributed by atoms with van der Waals surface area (Å²) in [5, 5.41) is 14.5. The average molecular weight is 218 g/mol. The lowest BCUT2D eigenvalue weighted by atomic mass is 10.1. The van der Waals surface area contributed by atoms with Gasteiger partial charge in [-0.1, -0.05) is 23.4 Å². The van der Waals surface area contributed by atoms with Crippen molar-refractivity contribution in [3.8, 4) is 0 Å². The Kier molecular flexibility index (Phi) is 4.27. The van der Waals surface area contributed by atoms with E-state index in [2.05, 4.69) is 17.1 Å². The summed E-state index contributed by atoms with van der Waals surface area (Å²) in [6.07, 6.45) is 1.70. The Morgan fingerprint density at radius 3 is 2.88 bits per heavy atom. The van der Waals surface area contributed by atoms with Crippen LogP contribution in [-0.4, -0.2) is 23.2 Å². The van der Waals surface area contributed by atoms with Crippen molar-refractivity contribution in [2.75, 3.05) is 11.9 Å². The molecule has 0 saturated carbocycles. The van der Waals surface area contributed by atoms with Crippen LogP contribution in [0.15, 0.2) is 42.1 Å². The summed E-state index contributed by atoms with van der Waals surface area (Å²) in [4.78, 5) is 11.8. The Morgan fingerprint density at radius 2 is 2.25 bits per heavy atom. The third kappa shape index (κ3) is 2.70. The highest BCUT2D eigenvalue weighted by Gasteiger charge is 2.13. The van der Waals surface area contributed by atoms with Crippen LogP contribution in [0.1, 0.15) is 17.3 Å². The van der Waals surface area contributed by atoms with Crippen molar-refractivity contribution < 1.29 is 10.0 Å². The lowest BCUT2D eigenvalue weighted by molar-refractivity contribution is 0.106. The SMILES string of the molecule is C=CCNc1ccccc1C(=O)C(C)=NO. The quantitative estimate of drug-likeness (QED) is 0.262. The van der Waals surface area contributed by atoms with E-state index < -0.39 is 0 Å². The Balaban J connectivity index is 3.03. The third-order valence-electron chi connectivity index (χ3n) is 2.09. The van der Waals surface area contributed by atoms with Gasteiger partial charge in [-0.3, -0.25) is 4.79 Å². The van der Waals surface area contributed by atoms with Crippen LogP contribution in [0.2, 0.25) is 0 Å². The first-order chi connectivity index (χ1) is 7.70. The molecule has 0 aromatic heterocycles. The Labute approximate surface area is 94.3 Å². The van der Waals surface area contributed by atoms with Crippen molar-refractivity contribution >= 4 is 17.2 Å². The summed E-state index contributed by atoms with van der Waals surface area (Å²) >= 11 is 0. The number of benzene rings is 1. The van der Waals surface area contributed by atoms with Gasteiger partial charge in [-0.05, 0) is 19.1 Å². The molecule has 4 heteroatoms. The fourth-order valence-electron chi connectivity index (χ4n) is 1.26. The molecule has 0 atom stereocenters. The molecule has 0 spiro atoms. The maximum absolute atomic E-state index is 11.8. The number of nitrogens with one attached hydrogen (secondary N) is 1. The van der Waals surface area contributed by atoms with Gasteiger partial charge < -0.3 is 10.5 Å². The van der Waals surface area contributed by atoms with E-state index in [0.717, 1.165) is 0 Å². The molecule has 2 N–H and O–H groups in total. The number of nitrogens with zero attached hydrogens (tertiary/aromatic N) is 1. The zero-order chi connectivity index (χ0) is 12.0. The number of hydrogen-bond donors (Lipinski definition) is 2. The molecule has 0 bridgehead atoms. The van der Waals surface area contributed by atoms with Gasteiger partial charge in [-0.25, -0.2) is 0 Å². The normalized spacial score (nSPS) is 10.9. The minimum Gasteiger partial charge on any atom is -0.411 e. The summed E-state index contributed by atoms with van der Waals surface area (Å²) in [6.45, 7) is 5.62. The molecule has 0 saturated heterocycles. The third-order valence-corrected chi connectivity index (χ3v) is 2.09. The molecule has 1 aromatic carbocycles. The van der Waals surface area contributed by atoms with Gasteiger partial charge in [0.15, 0.2) is 0 Å². The topological polar surface area (TPSA) is 61.7 Å². The Hall–Kier alpha value is -2.10. The lowest BCUT2D eigenvalue weighted by Gasteiger charge is -2.08. The minimum atomic E-state index is -0.297. The highest BCUT2D eigenvalue weighted by atomic mass is 16.4. The van der Waals surface area contributed by atoms with E-state index in [-0.39, 0.29) is 11.5 Å². The second kappa shape index (κ2) is 5.70. The molecule has 0 aliphatic rings.